The van der Waals surface area contributed by atoms with E-state index in [1.54, 1.807) is 39.8 Å². The molecular weight excluding hydrogens is 366 g/mol. The first-order valence-corrected chi connectivity index (χ1v) is 10.4. The number of carbonyl (C=O) groups excluding carboxylic acids is 1. The molecule has 2 aliphatic rings. The molecule has 1 aromatic heterocycles. The molecular formula is C19H23N3O4S. The number of carbonyl (C=O) groups is 1. The van der Waals surface area contributed by atoms with Crippen molar-refractivity contribution in [1.82, 2.24) is 13.8 Å². The zero-order chi connectivity index (χ0) is 19.2. The third-order valence-electron chi connectivity index (χ3n) is 5.16. The zero-order valence-electron chi connectivity index (χ0n) is 15.4. The van der Waals surface area contributed by atoms with Gasteiger partial charge in [0.25, 0.3) is 5.91 Å². The molecule has 2 aliphatic heterocycles. The van der Waals surface area contributed by atoms with E-state index in [9.17, 15) is 13.2 Å². The van der Waals surface area contributed by atoms with Crippen LogP contribution in [-0.4, -0.2) is 66.5 Å². The molecule has 0 spiro atoms. The summed E-state index contributed by atoms with van der Waals surface area (Å²) in [7, 11) is -1.73. The molecule has 2 fully saturated rings. The molecule has 2 saturated heterocycles. The van der Waals surface area contributed by atoms with E-state index in [1.165, 1.54) is 4.31 Å². The van der Waals surface area contributed by atoms with Gasteiger partial charge in [0, 0.05) is 39.4 Å². The fourth-order valence-corrected chi connectivity index (χ4v) is 5.22. The van der Waals surface area contributed by atoms with E-state index in [0.717, 1.165) is 5.56 Å². The normalized spacial score (nSPS) is 23.4. The number of fused-ring (bicyclic) bond motifs is 2. The quantitative estimate of drug-likeness (QED) is 0.792. The lowest BCUT2D eigenvalue weighted by Gasteiger charge is -2.45. The molecule has 0 N–H and O–H groups in total. The lowest BCUT2D eigenvalue weighted by molar-refractivity contribution is -0.113. The van der Waals surface area contributed by atoms with Gasteiger partial charge in [0.1, 0.15) is 5.69 Å². The Balaban J connectivity index is 1.50. The molecule has 1 amide bonds. The molecule has 2 bridgehead atoms. The van der Waals surface area contributed by atoms with E-state index in [4.69, 9.17) is 4.74 Å². The second kappa shape index (κ2) is 6.78. The third kappa shape index (κ3) is 3.40. The van der Waals surface area contributed by atoms with Gasteiger partial charge in [-0.15, -0.1) is 0 Å². The van der Waals surface area contributed by atoms with E-state index in [1.807, 2.05) is 26.2 Å². The Hall–Kier alpha value is -2.16. The minimum atomic E-state index is -3.56. The van der Waals surface area contributed by atoms with Crippen LogP contribution in [0.5, 0.6) is 0 Å². The highest BCUT2D eigenvalue weighted by molar-refractivity contribution is 7.89. The van der Waals surface area contributed by atoms with Gasteiger partial charge in [0.2, 0.25) is 10.0 Å². The second-order valence-electron chi connectivity index (χ2n) is 7.23. The van der Waals surface area contributed by atoms with Gasteiger partial charge in [0.15, 0.2) is 0 Å². The van der Waals surface area contributed by atoms with Crippen LogP contribution >= 0.6 is 0 Å². The summed E-state index contributed by atoms with van der Waals surface area (Å²) in [5, 5.41) is 0. The number of rotatable bonds is 3. The van der Waals surface area contributed by atoms with Crippen LogP contribution in [0, 0.1) is 6.92 Å². The minimum Gasteiger partial charge on any atom is -0.369 e. The molecule has 27 heavy (non-hydrogen) atoms. The number of sulfonamides is 1. The summed E-state index contributed by atoms with van der Waals surface area (Å²) in [5.41, 5.74) is 1.64. The number of morpholine rings is 2. The van der Waals surface area contributed by atoms with Gasteiger partial charge >= 0.3 is 0 Å². The average molecular weight is 389 g/mol. The van der Waals surface area contributed by atoms with Crippen LogP contribution in [0.1, 0.15) is 16.1 Å². The molecule has 3 heterocycles. The van der Waals surface area contributed by atoms with Crippen molar-refractivity contribution in [3.8, 4) is 0 Å². The minimum absolute atomic E-state index is 0.0457. The zero-order valence-corrected chi connectivity index (χ0v) is 16.2. The van der Waals surface area contributed by atoms with E-state index in [0.29, 0.717) is 23.7 Å². The van der Waals surface area contributed by atoms with Gasteiger partial charge in [-0.05, 0) is 31.2 Å². The van der Waals surface area contributed by atoms with Crippen LogP contribution in [0.15, 0.2) is 47.5 Å². The SMILES string of the molecule is Cc1ccc(S(=O)(=O)N2CC3CN(C(=O)c4cccn4C)CC(C2)O3)cc1. The number of benzene rings is 1. The van der Waals surface area contributed by atoms with Gasteiger partial charge in [-0.3, -0.25) is 4.79 Å². The fourth-order valence-electron chi connectivity index (χ4n) is 3.72. The lowest BCUT2D eigenvalue weighted by atomic mass is 10.1. The number of nitrogens with zero attached hydrogens (tertiary/aromatic N) is 3. The van der Waals surface area contributed by atoms with Crippen LogP contribution in [0.4, 0.5) is 0 Å². The first-order chi connectivity index (χ1) is 12.8. The summed E-state index contributed by atoms with van der Waals surface area (Å²) in [5.74, 6) is -0.0457. The summed E-state index contributed by atoms with van der Waals surface area (Å²) < 4.78 is 35.1. The topological polar surface area (TPSA) is 71.9 Å². The Morgan fingerprint density at radius 2 is 1.67 bits per heavy atom. The molecule has 0 aliphatic carbocycles. The fraction of sp³-hybridized carbons (Fsp3) is 0.421. The van der Waals surface area contributed by atoms with Crippen LogP contribution < -0.4 is 0 Å². The van der Waals surface area contributed by atoms with Crippen molar-refractivity contribution in [3.63, 3.8) is 0 Å². The smallest absolute Gasteiger partial charge is 0.270 e. The van der Waals surface area contributed by atoms with Crippen molar-refractivity contribution in [2.45, 2.75) is 24.0 Å². The first kappa shape index (κ1) is 18.2. The summed E-state index contributed by atoms with van der Waals surface area (Å²) in [6, 6.07) is 10.5. The second-order valence-corrected chi connectivity index (χ2v) is 9.17. The highest BCUT2D eigenvalue weighted by Gasteiger charge is 2.41. The number of hydrogen-bond donors (Lipinski definition) is 0. The number of hydrogen-bond acceptors (Lipinski definition) is 4. The van der Waals surface area contributed by atoms with Gasteiger partial charge in [-0.25, -0.2) is 8.42 Å². The number of aryl methyl sites for hydroxylation is 2. The van der Waals surface area contributed by atoms with Gasteiger partial charge in [-0.1, -0.05) is 17.7 Å². The predicted molar refractivity (Wildman–Crippen MR) is 99.9 cm³/mol. The molecule has 0 radical (unpaired) electrons. The Morgan fingerprint density at radius 3 is 2.22 bits per heavy atom. The van der Waals surface area contributed by atoms with Crippen LogP contribution in [0.2, 0.25) is 0 Å². The van der Waals surface area contributed by atoms with E-state index in [2.05, 4.69) is 0 Å². The number of aromatic nitrogens is 1. The highest BCUT2D eigenvalue weighted by atomic mass is 32.2. The van der Waals surface area contributed by atoms with Gasteiger partial charge < -0.3 is 14.2 Å². The summed E-state index contributed by atoms with van der Waals surface area (Å²) >= 11 is 0. The summed E-state index contributed by atoms with van der Waals surface area (Å²) in [6.45, 7) is 3.21. The van der Waals surface area contributed by atoms with Crippen molar-refractivity contribution < 1.29 is 17.9 Å². The molecule has 2 aromatic rings. The van der Waals surface area contributed by atoms with Crippen LogP contribution in [0.3, 0.4) is 0 Å². The maximum Gasteiger partial charge on any atom is 0.270 e. The largest absolute Gasteiger partial charge is 0.369 e. The van der Waals surface area contributed by atoms with E-state index < -0.39 is 10.0 Å². The Bertz CT molecular complexity index is 938. The standard InChI is InChI=1S/C19H23N3O4S/c1-14-5-7-17(8-6-14)27(24,25)22-12-15-10-21(11-16(13-22)26-15)19(23)18-4-3-9-20(18)2/h3-9,15-16H,10-13H2,1-2H3. The Morgan fingerprint density at radius 1 is 1.04 bits per heavy atom. The molecule has 2 atom stereocenters. The molecule has 7 nitrogen and oxygen atoms in total. The van der Waals surface area contributed by atoms with Gasteiger partial charge in [0.05, 0.1) is 17.1 Å². The number of amides is 1. The van der Waals surface area contributed by atoms with Gasteiger partial charge in [-0.2, -0.15) is 4.31 Å². The summed E-state index contributed by atoms with van der Waals surface area (Å²) in [4.78, 5) is 14.8. The van der Waals surface area contributed by atoms with Crippen molar-refractivity contribution in [2.24, 2.45) is 7.05 Å². The third-order valence-corrected chi connectivity index (χ3v) is 7.00. The summed E-state index contributed by atoms with van der Waals surface area (Å²) in [6.07, 6.45) is 1.20. The first-order valence-electron chi connectivity index (χ1n) is 8.97. The maximum atomic E-state index is 13.0. The van der Waals surface area contributed by atoms with E-state index >= 15 is 0 Å². The van der Waals surface area contributed by atoms with Crippen LogP contribution in [-0.2, 0) is 21.8 Å². The Kier molecular flexibility index (Phi) is 4.57. The molecule has 0 saturated carbocycles. The number of ether oxygens (including phenoxy) is 1. The van der Waals surface area contributed by atoms with Crippen molar-refractivity contribution >= 4 is 15.9 Å². The molecule has 144 valence electrons. The predicted octanol–water partition coefficient (Wildman–Crippen LogP) is 1.25. The Labute approximate surface area is 159 Å². The molecule has 8 heteroatoms. The highest BCUT2D eigenvalue weighted by Crippen LogP contribution is 2.26. The van der Waals surface area contributed by atoms with E-state index in [-0.39, 0.29) is 31.2 Å². The maximum absolute atomic E-state index is 13.0. The average Bonchev–Trinajstić information content (AvgIpc) is 3.06. The molecule has 1 aromatic carbocycles. The monoisotopic (exact) mass is 389 g/mol. The van der Waals surface area contributed by atoms with Crippen molar-refractivity contribution in [1.29, 1.82) is 0 Å². The van der Waals surface area contributed by atoms with Crippen molar-refractivity contribution in [3.05, 3.63) is 53.9 Å². The lowest BCUT2D eigenvalue weighted by Crippen LogP contribution is -2.61. The molecule has 4 rings (SSSR count). The van der Waals surface area contributed by atoms with Crippen molar-refractivity contribution in [2.75, 3.05) is 26.2 Å². The van der Waals surface area contributed by atoms with Crippen LogP contribution in [0.25, 0.3) is 0 Å². The molecule has 2 unspecified atom stereocenters.